The highest BCUT2D eigenvalue weighted by molar-refractivity contribution is 7.19. The fraction of sp³-hybridized carbons (Fsp3) is 0.417. The number of carbonyl (C=O) groups is 1. The number of β-amino-alcohol motifs (C(OH)–C–C–N with tert-alkyl or cyclic N) is 1. The summed E-state index contributed by atoms with van der Waals surface area (Å²) in [6, 6.07) is 3.98. The molecule has 1 amide bonds. The van der Waals surface area contributed by atoms with Gasteiger partial charge in [-0.05, 0) is 37.3 Å². The molecule has 1 aromatic carbocycles. The first-order chi connectivity index (χ1) is 16.6. The Morgan fingerprint density at radius 3 is 3.06 bits per heavy atom. The predicted molar refractivity (Wildman–Crippen MR) is 131 cm³/mol. The summed E-state index contributed by atoms with van der Waals surface area (Å²) in [6.45, 7) is 3.61. The number of nitrogens with one attached hydrogen (secondary N) is 2. The van der Waals surface area contributed by atoms with Crippen LogP contribution in [-0.2, 0) is 17.6 Å². The molecule has 176 valence electrons. The number of fused-ring (bicyclic) bond motifs is 4. The van der Waals surface area contributed by atoms with E-state index in [0.717, 1.165) is 57.6 Å². The number of H-pyrrole nitrogens is 1. The van der Waals surface area contributed by atoms with Gasteiger partial charge >= 0.3 is 0 Å². The molecule has 1 aliphatic carbocycles. The van der Waals surface area contributed by atoms with Gasteiger partial charge in [-0.3, -0.25) is 9.89 Å². The summed E-state index contributed by atoms with van der Waals surface area (Å²) in [6.07, 6.45) is 6.23. The molecule has 10 heteroatoms. The van der Waals surface area contributed by atoms with Gasteiger partial charge in [0, 0.05) is 35.3 Å². The third kappa shape index (κ3) is 3.67. The van der Waals surface area contributed by atoms with Crippen LogP contribution in [0, 0.1) is 5.92 Å². The van der Waals surface area contributed by atoms with Gasteiger partial charge in [0.25, 0.3) is 0 Å². The van der Waals surface area contributed by atoms with Gasteiger partial charge in [0.15, 0.2) is 0 Å². The highest BCUT2D eigenvalue weighted by Crippen LogP contribution is 2.42. The first-order valence-electron chi connectivity index (χ1n) is 11.7. The van der Waals surface area contributed by atoms with Gasteiger partial charge < -0.3 is 20.1 Å². The first kappa shape index (κ1) is 21.3. The van der Waals surface area contributed by atoms with Crippen LogP contribution in [0.4, 0.5) is 11.5 Å². The number of benzene rings is 1. The molecule has 0 spiro atoms. The molecule has 3 aromatic heterocycles. The van der Waals surface area contributed by atoms with Crippen molar-refractivity contribution in [3.63, 3.8) is 0 Å². The maximum Gasteiger partial charge on any atom is 0.226 e. The maximum absolute atomic E-state index is 12.8. The molecule has 1 fully saturated rings. The number of aromatic amines is 1. The van der Waals surface area contributed by atoms with Gasteiger partial charge in [-0.2, -0.15) is 5.10 Å². The van der Waals surface area contributed by atoms with Crippen molar-refractivity contribution in [2.24, 2.45) is 5.92 Å². The summed E-state index contributed by atoms with van der Waals surface area (Å²) >= 11 is 1.65. The van der Waals surface area contributed by atoms with Gasteiger partial charge in [-0.25, -0.2) is 9.97 Å². The number of anilines is 2. The molecule has 0 unspecified atom stereocenters. The summed E-state index contributed by atoms with van der Waals surface area (Å²) in [5, 5.41) is 22.2. The lowest BCUT2D eigenvalue weighted by atomic mass is 9.86. The Labute approximate surface area is 200 Å². The van der Waals surface area contributed by atoms with Crippen LogP contribution >= 0.6 is 11.3 Å². The Morgan fingerprint density at radius 1 is 1.35 bits per heavy atom. The Balaban J connectivity index is 1.33. The van der Waals surface area contributed by atoms with E-state index >= 15 is 0 Å². The number of amides is 1. The van der Waals surface area contributed by atoms with E-state index in [-0.39, 0.29) is 17.9 Å². The van der Waals surface area contributed by atoms with E-state index in [1.54, 1.807) is 28.8 Å². The van der Waals surface area contributed by atoms with Crippen molar-refractivity contribution in [2.45, 2.75) is 38.7 Å². The third-order valence-electron chi connectivity index (χ3n) is 6.62. The largest absolute Gasteiger partial charge is 0.491 e. The smallest absolute Gasteiger partial charge is 0.226 e. The highest BCUT2D eigenvalue weighted by atomic mass is 32.1. The summed E-state index contributed by atoms with van der Waals surface area (Å²) in [5.41, 5.74) is 2.99. The minimum absolute atomic E-state index is 0.0324. The number of likely N-dealkylation sites (tertiary alicyclic amines) is 1. The first-order valence-corrected chi connectivity index (χ1v) is 12.5. The molecule has 1 saturated heterocycles. The number of aryl methyl sites for hydroxylation is 1. The number of rotatable bonds is 6. The van der Waals surface area contributed by atoms with Crippen molar-refractivity contribution in [2.75, 3.05) is 25.0 Å². The molecule has 1 atom stereocenters. The van der Waals surface area contributed by atoms with Crippen molar-refractivity contribution < 1.29 is 14.6 Å². The monoisotopic (exact) mass is 478 g/mol. The van der Waals surface area contributed by atoms with Gasteiger partial charge in [0.1, 0.15) is 22.7 Å². The Hall–Kier alpha value is -3.24. The predicted octanol–water partition coefficient (Wildman–Crippen LogP) is 3.41. The lowest BCUT2D eigenvalue weighted by Crippen LogP contribution is -2.55. The lowest BCUT2D eigenvalue weighted by molar-refractivity contribution is -0.146. The molecule has 0 radical (unpaired) electrons. The molecule has 0 bridgehead atoms. The van der Waals surface area contributed by atoms with Crippen LogP contribution in [-0.4, -0.2) is 61.9 Å². The standard InChI is InChI=1S/C24H26N6O3S/c1-2-5-33-19-8-17-14(9-27-29-17)6-18(19)28-22-21-16-4-3-13(24(32)30-10-15(31)11-30)7-20(16)34-23(21)26-12-25-22/h6,8-9,12-13,15,31H,2-5,7,10-11H2,1H3,(H,27,29)(H,25,26,28)/t13-/m0/s1. The third-order valence-corrected chi connectivity index (χ3v) is 7.79. The molecule has 1 aliphatic heterocycles. The average molecular weight is 479 g/mol. The minimum Gasteiger partial charge on any atom is -0.491 e. The number of hydrogen-bond acceptors (Lipinski definition) is 8. The summed E-state index contributed by atoms with van der Waals surface area (Å²) in [4.78, 5) is 25.8. The second-order valence-corrected chi connectivity index (χ2v) is 10.1. The number of thiophene rings is 1. The number of aliphatic hydroxyl groups is 1. The number of aromatic nitrogens is 4. The zero-order valence-electron chi connectivity index (χ0n) is 18.9. The summed E-state index contributed by atoms with van der Waals surface area (Å²) < 4.78 is 6.02. The van der Waals surface area contributed by atoms with Crippen molar-refractivity contribution in [3.8, 4) is 5.75 Å². The minimum atomic E-state index is -0.371. The van der Waals surface area contributed by atoms with E-state index in [9.17, 15) is 9.90 Å². The lowest BCUT2D eigenvalue weighted by Gasteiger charge is -2.38. The van der Waals surface area contributed by atoms with Crippen LogP contribution in [0.3, 0.4) is 0 Å². The molecular weight excluding hydrogens is 452 g/mol. The van der Waals surface area contributed by atoms with Crippen LogP contribution in [0.5, 0.6) is 5.75 Å². The van der Waals surface area contributed by atoms with Gasteiger partial charge in [0.05, 0.1) is 35.5 Å². The Kier molecular flexibility index (Phi) is 5.34. The normalized spacial score (nSPS) is 18.2. The maximum atomic E-state index is 12.8. The van der Waals surface area contributed by atoms with E-state index in [2.05, 4.69) is 32.4 Å². The van der Waals surface area contributed by atoms with Gasteiger partial charge in [-0.15, -0.1) is 11.3 Å². The van der Waals surface area contributed by atoms with Crippen LogP contribution in [0.25, 0.3) is 21.1 Å². The molecule has 6 rings (SSSR count). The average Bonchev–Trinajstić information content (AvgIpc) is 3.43. The van der Waals surface area contributed by atoms with Crippen molar-refractivity contribution in [3.05, 3.63) is 35.1 Å². The van der Waals surface area contributed by atoms with E-state index in [0.29, 0.717) is 26.1 Å². The van der Waals surface area contributed by atoms with Crippen LogP contribution in [0.15, 0.2) is 24.7 Å². The number of nitrogens with zero attached hydrogens (tertiary/aromatic N) is 4. The van der Waals surface area contributed by atoms with Crippen LogP contribution < -0.4 is 10.1 Å². The van der Waals surface area contributed by atoms with Crippen LogP contribution in [0.2, 0.25) is 0 Å². The topological polar surface area (TPSA) is 116 Å². The molecular formula is C24H26N6O3S. The zero-order valence-corrected chi connectivity index (χ0v) is 19.7. The summed E-state index contributed by atoms with van der Waals surface area (Å²) in [5.74, 6) is 1.62. The molecule has 2 aliphatic rings. The number of carbonyl (C=O) groups excluding carboxylic acids is 1. The number of hydrogen-bond donors (Lipinski definition) is 3. The molecule has 0 saturated carbocycles. The molecule has 4 heterocycles. The van der Waals surface area contributed by atoms with Gasteiger partial charge in [-0.1, -0.05) is 6.92 Å². The van der Waals surface area contributed by atoms with E-state index in [4.69, 9.17) is 4.74 Å². The Morgan fingerprint density at radius 2 is 2.24 bits per heavy atom. The van der Waals surface area contributed by atoms with E-state index in [1.807, 2.05) is 12.1 Å². The Bertz CT molecular complexity index is 1380. The fourth-order valence-electron chi connectivity index (χ4n) is 4.84. The van der Waals surface area contributed by atoms with E-state index < -0.39 is 0 Å². The highest BCUT2D eigenvalue weighted by Gasteiger charge is 2.36. The van der Waals surface area contributed by atoms with Crippen molar-refractivity contribution in [1.29, 1.82) is 0 Å². The summed E-state index contributed by atoms with van der Waals surface area (Å²) in [7, 11) is 0. The van der Waals surface area contributed by atoms with Crippen LogP contribution in [0.1, 0.15) is 30.2 Å². The molecule has 9 nitrogen and oxygen atoms in total. The zero-order chi connectivity index (χ0) is 23.2. The number of ether oxygens (including phenoxy) is 1. The van der Waals surface area contributed by atoms with Crippen molar-refractivity contribution in [1.82, 2.24) is 25.1 Å². The number of aliphatic hydroxyl groups excluding tert-OH is 1. The molecule has 34 heavy (non-hydrogen) atoms. The SMILES string of the molecule is CCCOc1cc2[nH]ncc2cc1Nc1ncnc2sc3c(c12)CC[C@H](C(=O)N1CC(O)C1)C3. The molecule has 4 aromatic rings. The van der Waals surface area contributed by atoms with Crippen molar-refractivity contribution >= 4 is 49.9 Å². The second-order valence-electron chi connectivity index (χ2n) is 9.02. The molecule has 3 N–H and O–H groups in total. The quantitative estimate of drug-likeness (QED) is 0.389. The van der Waals surface area contributed by atoms with Gasteiger partial charge in [0.2, 0.25) is 5.91 Å². The van der Waals surface area contributed by atoms with E-state index in [1.165, 1.54) is 10.4 Å². The second kappa shape index (κ2) is 8.52. The fourth-order valence-corrected chi connectivity index (χ4v) is 6.10.